The number of aromatic nitrogens is 1. The number of halogens is 1. The zero-order chi connectivity index (χ0) is 42.9. The van der Waals surface area contributed by atoms with Gasteiger partial charge < -0.3 is 24.4 Å². The first-order chi connectivity index (χ1) is 30.2. The molecule has 15 heteroatoms. The Balaban J connectivity index is 0.000000130. The summed E-state index contributed by atoms with van der Waals surface area (Å²) in [7, 11) is 3.97. The molecule has 0 aliphatic rings. The number of oxazole rings is 1. The van der Waals surface area contributed by atoms with Crippen molar-refractivity contribution in [1.29, 1.82) is 0 Å². The molecule has 0 aliphatic carbocycles. The third kappa shape index (κ3) is 8.94. The topological polar surface area (TPSA) is 94.4 Å². The Labute approximate surface area is 388 Å². The molecule has 310 valence electrons. The molecule has 7 aromatic heterocycles. The van der Waals surface area contributed by atoms with Gasteiger partial charge in [0, 0.05) is 60.3 Å². The molecule has 0 fully saturated rings. The first-order valence-corrected chi connectivity index (χ1v) is 25.0. The molecule has 62 heavy (non-hydrogen) atoms. The number of aliphatic hydroxyl groups is 2. The van der Waals surface area contributed by atoms with Gasteiger partial charge in [-0.3, -0.25) is 4.79 Å². The van der Waals surface area contributed by atoms with Crippen LogP contribution in [0.15, 0.2) is 111 Å². The smallest absolute Gasteiger partial charge is 0.249 e. The van der Waals surface area contributed by atoms with Gasteiger partial charge in [-0.1, -0.05) is 12.1 Å². The molecular weight excluding hydrogens is 957 g/mol. The minimum atomic E-state index is 0.138. The molecule has 0 saturated carbocycles. The molecule has 8 nitrogen and oxygen atoms in total. The second-order valence-electron chi connectivity index (χ2n) is 14.3. The molecular formula is C47H35BrN4O4S6. The number of aldehydes is 1. The average Bonchev–Trinajstić information content (AvgIpc) is 4.13. The van der Waals surface area contributed by atoms with Crippen molar-refractivity contribution in [3.63, 3.8) is 0 Å². The number of anilines is 2. The summed E-state index contributed by atoms with van der Waals surface area (Å²) in [6.07, 6.45) is 2.75. The molecule has 11 aromatic rings. The van der Waals surface area contributed by atoms with Crippen molar-refractivity contribution in [2.45, 2.75) is 0 Å². The Morgan fingerprint density at radius 3 is 1.84 bits per heavy atom. The summed E-state index contributed by atoms with van der Waals surface area (Å²) in [5.74, 6) is 0.348. The number of thiophene rings is 6. The predicted octanol–water partition coefficient (Wildman–Crippen LogP) is 14.3. The number of hydrogen-bond acceptors (Lipinski definition) is 13. The maximum absolute atomic E-state index is 10.8. The first-order valence-electron chi connectivity index (χ1n) is 19.2. The van der Waals surface area contributed by atoms with Crippen LogP contribution < -0.4 is 9.80 Å². The van der Waals surface area contributed by atoms with Gasteiger partial charge in [-0.15, -0.1) is 68.0 Å². The summed E-state index contributed by atoms with van der Waals surface area (Å²) in [6, 6.07) is 33.4. The van der Waals surface area contributed by atoms with E-state index in [0.29, 0.717) is 30.3 Å². The van der Waals surface area contributed by atoms with Crippen LogP contribution in [0.25, 0.3) is 88.2 Å². The van der Waals surface area contributed by atoms with E-state index in [0.717, 1.165) is 47.0 Å². The quantitative estimate of drug-likeness (QED) is 0.110. The van der Waals surface area contributed by atoms with Crippen LogP contribution in [0.2, 0.25) is 0 Å². The molecule has 0 atom stereocenters. The Bertz CT molecular complexity index is 3290. The molecule has 11 rings (SSSR count). The molecule has 0 radical (unpaired) electrons. The summed E-state index contributed by atoms with van der Waals surface area (Å²) in [6.45, 7) is 9.13. The van der Waals surface area contributed by atoms with Crippen molar-refractivity contribution in [2.24, 2.45) is 0 Å². The highest BCUT2D eigenvalue weighted by Gasteiger charge is 2.14. The van der Waals surface area contributed by atoms with Gasteiger partial charge in [-0.25, -0.2) is 9.83 Å². The lowest BCUT2D eigenvalue weighted by atomic mass is 10.2. The van der Waals surface area contributed by atoms with Crippen LogP contribution in [0, 0.1) is 6.57 Å². The molecule has 0 spiro atoms. The summed E-state index contributed by atoms with van der Waals surface area (Å²) >= 11 is 13.7. The largest absolute Gasteiger partial charge is 0.447 e. The lowest BCUT2D eigenvalue weighted by Crippen LogP contribution is -2.19. The van der Waals surface area contributed by atoms with Crippen molar-refractivity contribution in [3.05, 3.63) is 133 Å². The molecule has 0 amide bonds. The Hall–Kier alpha value is -4.99. The van der Waals surface area contributed by atoms with Crippen LogP contribution in [0.1, 0.15) is 20.4 Å². The number of fused-ring (bicyclic) bond motifs is 7. The maximum atomic E-state index is 10.8. The molecule has 0 aliphatic heterocycles. The van der Waals surface area contributed by atoms with Gasteiger partial charge in [0.1, 0.15) is 5.52 Å². The summed E-state index contributed by atoms with van der Waals surface area (Å²) in [4.78, 5) is 24.8. The first kappa shape index (κ1) is 42.3. The SMILES string of the molecule is Brc1cc2cc3sccc3cc2s1.CN(CCO)c1cc2cc3sc(C=O)cc3cc2s1.[C-]#[N+]/C(=C\c1cc2cc3sc(N(C)CCO)cc3cc2s1)c1nc2ccccc2o1. The van der Waals surface area contributed by atoms with Gasteiger partial charge in [0.2, 0.25) is 11.6 Å². The second kappa shape index (κ2) is 18.4. The number of benzene rings is 4. The van der Waals surface area contributed by atoms with Crippen molar-refractivity contribution in [1.82, 2.24) is 4.98 Å². The van der Waals surface area contributed by atoms with Crippen LogP contribution in [-0.4, -0.2) is 61.9 Å². The number of carbonyl (C=O) groups excluding carboxylic acids is 1. The van der Waals surface area contributed by atoms with E-state index in [9.17, 15) is 4.79 Å². The zero-order valence-corrected chi connectivity index (χ0v) is 39.6. The Morgan fingerprint density at radius 1 is 0.694 bits per heavy atom. The van der Waals surface area contributed by atoms with Gasteiger partial charge in [0.05, 0.1) is 38.5 Å². The summed E-state index contributed by atoms with van der Waals surface area (Å²) in [5, 5.41) is 29.9. The highest BCUT2D eigenvalue weighted by Crippen LogP contribution is 2.40. The number of para-hydroxylation sites is 2. The lowest BCUT2D eigenvalue weighted by molar-refractivity contribution is 0.112. The van der Waals surface area contributed by atoms with Crippen molar-refractivity contribution < 1.29 is 19.4 Å². The van der Waals surface area contributed by atoms with Crippen LogP contribution in [0.5, 0.6) is 0 Å². The van der Waals surface area contributed by atoms with Crippen LogP contribution in [0.4, 0.5) is 10.0 Å². The van der Waals surface area contributed by atoms with E-state index in [1.165, 1.54) is 60.2 Å². The fraction of sp³-hybridized carbons (Fsp3) is 0.128. The number of hydrogen-bond donors (Lipinski definition) is 2. The minimum absolute atomic E-state index is 0.138. The Kier molecular flexibility index (Phi) is 12.6. The molecule has 2 N–H and O–H groups in total. The third-order valence-corrected chi connectivity index (χ3v) is 17.0. The monoisotopic (exact) mass is 990 g/mol. The van der Waals surface area contributed by atoms with E-state index in [-0.39, 0.29) is 13.2 Å². The third-order valence-electron chi connectivity index (χ3n) is 10.0. The van der Waals surface area contributed by atoms with E-state index in [1.54, 1.807) is 56.7 Å². The number of carbonyl (C=O) groups is 1. The Morgan fingerprint density at radius 2 is 1.23 bits per heavy atom. The summed E-state index contributed by atoms with van der Waals surface area (Å²) < 4.78 is 14.4. The lowest BCUT2D eigenvalue weighted by Gasteiger charge is -2.14. The normalized spacial score (nSPS) is 11.7. The van der Waals surface area contributed by atoms with Crippen molar-refractivity contribution >= 4 is 184 Å². The number of likely N-dealkylation sites (N-methyl/N-ethyl adjacent to an activating group) is 2. The highest BCUT2D eigenvalue weighted by molar-refractivity contribution is 9.11. The maximum Gasteiger partial charge on any atom is 0.249 e. The average molecular weight is 992 g/mol. The van der Waals surface area contributed by atoms with E-state index < -0.39 is 0 Å². The fourth-order valence-corrected chi connectivity index (χ4v) is 13.4. The molecule has 0 unspecified atom stereocenters. The van der Waals surface area contributed by atoms with Gasteiger partial charge in [-0.05, 0) is 145 Å². The van der Waals surface area contributed by atoms with Gasteiger partial charge >= 0.3 is 0 Å². The van der Waals surface area contributed by atoms with E-state index in [4.69, 9.17) is 21.2 Å². The molecule has 4 aromatic carbocycles. The zero-order valence-electron chi connectivity index (χ0n) is 33.1. The fourth-order valence-electron chi connectivity index (χ4n) is 6.90. The number of aliphatic hydroxyl groups excluding tert-OH is 2. The van der Waals surface area contributed by atoms with Crippen LogP contribution >= 0.6 is 84.0 Å². The molecule has 0 bridgehead atoms. The van der Waals surface area contributed by atoms with E-state index >= 15 is 0 Å². The molecule has 0 saturated heterocycles. The van der Waals surface area contributed by atoms with Crippen molar-refractivity contribution in [2.75, 3.05) is 50.2 Å². The van der Waals surface area contributed by atoms with Gasteiger partial charge in [0.25, 0.3) is 0 Å². The number of rotatable bonds is 9. The second-order valence-corrected chi connectivity index (χ2v) is 22.0. The van der Waals surface area contributed by atoms with Crippen molar-refractivity contribution in [3.8, 4) is 0 Å². The molecule has 7 heterocycles. The minimum Gasteiger partial charge on any atom is -0.447 e. The van der Waals surface area contributed by atoms with Gasteiger partial charge in [-0.2, -0.15) is 0 Å². The van der Waals surface area contributed by atoms with Crippen LogP contribution in [0.3, 0.4) is 0 Å². The van der Waals surface area contributed by atoms with Gasteiger partial charge in [0.15, 0.2) is 11.9 Å². The standard InChI is InChI=1S/C23H17N3O2S2.C14H13NO2S2.C10H5BrS2/c1-24-18(23-25-17-5-3-4-6-19(17)28-23)13-16-9-14-10-21-15(11-20(14)29-16)12-22(30-21)26(2)7-8-27;1-15(2-3-16)14-7-10-6-12-9(5-13(10)19-14)4-11(8-17)18-12;11-10-5-7-4-8-6(1-2-12-8)3-9(7)13-10/h3-6,9-13,27H,7-8H2,2H3;4-8,16H,2-3H2,1H3;1-5H/b18-13-;;. The van der Waals surface area contributed by atoms with E-state index in [2.05, 4.69) is 108 Å². The number of nitrogens with zero attached hydrogens (tertiary/aromatic N) is 4. The highest BCUT2D eigenvalue weighted by atomic mass is 79.9. The predicted molar refractivity (Wildman–Crippen MR) is 274 cm³/mol. The van der Waals surface area contributed by atoms with E-state index in [1.807, 2.05) is 50.5 Å². The summed E-state index contributed by atoms with van der Waals surface area (Å²) in [5.41, 5.74) is 1.83. The van der Waals surface area contributed by atoms with Crippen LogP contribution in [-0.2, 0) is 0 Å².